The molecule has 0 aliphatic heterocycles. The van der Waals surface area contributed by atoms with Crippen LogP contribution in [0.25, 0.3) is 0 Å². The van der Waals surface area contributed by atoms with Crippen molar-refractivity contribution < 1.29 is 27.5 Å². The average molecular weight is 562 g/mol. The molecule has 2 amide bonds. The number of benzene rings is 2. The fraction of sp³-hybridized carbons (Fsp3) is 0.517. The monoisotopic (exact) mass is 561 g/mol. The first-order valence-corrected chi connectivity index (χ1v) is 15.3. The summed E-state index contributed by atoms with van der Waals surface area (Å²) in [7, 11) is -1.99. The van der Waals surface area contributed by atoms with Gasteiger partial charge in [-0.2, -0.15) is 0 Å². The maximum Gasteiger partial charge on any atom is 0.243 e. The van der Waals surface area contributed by atoms with Crippen molar-refractivity contribution in [2.24, 2.45) is 0 Å². The van der Waals surface area contributed by atoms with Gasteiger partial charge in [0.15, 0.2) is 0 Å². The van der Waals surface area contributed by atoms with E-state index in [-0.39, 0.29) is 37.4 Å². The molecule has 0 fully saturated rings. The fourth-order valence-corrected chi connectivity index (χ4v) is 5.13. The van der Waals surface area contributed by atoms with Gasteiger partial charge in [-0.25, -0.2) is 8.42 Å². The van der Waals surface area contributed by atoms with Crippen LogP contribution >= 0.6 is 0 Å². The highest BCUT2D eigenvalue weighted by Crippen LogP contribution is 2.23. The zero-order chi connectivity index (χ0) is 29.0. The van der Waals surface area contributed by atoms with Gasteiger partial charge in [-0.05, 0) is 75.1 Å². The first-order chi connectivity index (χ1) is 18.5. The number of hydrogen-bond donors (Lipinski definition) is 1. The maximum atomic E-state index is 13.6. The molecule has 216 valence electrons. The molecule has 9 nitrogen and oxygen atoms in total. The summed E-state index contributed by atoms with van der Waals surface area (Å²) in [6, 6.07) is 13.5. The lowest BCUT2D eigenvalue weighted by Crippen LogP contribution is -2.50. The highest BCUT2D eigenvalue weighted by atomic mass is 32.2. The van der Waals surface area contributed by atoms with E-state index < -0.39 is 16.1 Å². The van der Waals surface area contributed by atoms with E-state index in [9.17, 15) is 18.0 Å². The summed E-state index contributed by atoms with van der Waals surface area (Å²) in [6.07, 6.45) is 2.76. The van der Waals surface area contributed by atoms with Crippen LogP contribution in [0.4, 0.5) is 5.69 Å². The standard InChI is InChI=1S/C29H43N3O6S/c1-7-22(4)30-29(34)27(8-2)31(21-23-12-16-25(37-5)17-13-23)28(33)11-10-20-32(39(6,35)36)24-14-18-26(19-15-24)38-9-3/h12-19,22,27H,7-11,20-21H2,1-6H3,(H,30,34). The predicted molar refractivity (Wildman–Crippen MR) is 155 cm³/mol. The summed E-state index contributed by atoms with van der Waals surface area (Å²) in [6.45, 7) is 8.58. The molecule has 2 aromatic rings. The number of anilines is 1. The number of hydrogen-bond acceptors (Lipinski definition) is 6. The Morgan fingerprint density at radius 1 is 0.949 bits per heavy atom. The van der Waals surface area contributed by atoms with Gasteiger partial charge >= 0.3 is 0 Å². The summed E-state index contributed by atoms with van der Waals surface area (Å²) in [4.78, 5) is 28.3. The minimum Gasteiger partial charge on any atom is -0.497 e. The van der Waals surface area contributed by atoms with Crippen LogP contribution in [0, 0.1) is 0 Å². The smallest absolute Gasteiger partial charge is 0.243 e. The largest absolute Gasteiger partial charge is 0.497 e. The molecule has 0 heterocycles. The molecule has 0 aliphatic rings. The molecule has 2 aromatic carbocycles. The Bertz CT molecular complexity index is 1150. The van der Waals surface area contributed by atoms with Gasteiger partial charge < -0.3 is 19.7 Å². The lowest BCUT2D eigenvalue weighted by molar-refractivity contribution is -0.141. The van der Waals surface area contributed by atoms with E-state index in [1.165, 1.54) is 4.31 Å². The zero-order valence-electron chi connectivity index (χ0n) is 24.0. The van der Waals surface area contributed by atoms with Crippen LogP contribution in [0.15, 0.2) is 48.5 Å². The summed E-state index contributed by atoms with van der Waals surface area (Å²) in [5.41, 5.74) is 1.37. The van der Waals surface area contributed by atoms with E-state index in [0.29, 0.717) is 36.6 Å². The van der Waals surface area contributed by atoms with E-state index in [0.717, 1.165) is 18.2 Å². The van der Waals surface area contributed by atoms with Gasteiger partial charge in [0, 0.05) is 25.6 Å². The zero-order valence-corrected chi connectivity index (χ0v) is 24.8. The van der Waals surface area contributed by atoms with Gasteiger partial charge in [0.1, 0.15) is 17.5 Å². The van der Waals surface area contributed by atoms with Crippen LogP contribution in [0.3, 0.4) is 0 Å². The Kier molecular flexibility index (Phi) is 12.6. The molecule has 2 unspecified atom stereocenters. The Hall–Kier alpha value is -3.27. The van der Waals surface area contributed by atoms with Gasteiger partial charge in [0.25, 0.3) is 0 Å². The van der Waals surface area contributed by atoms with Gasteiger partial charge in [0.05, 0.1) is 25.7 Å². The molecule has 10 heteroatoms. The summed E-state index contributed by atoms with van der Waals surface area (Å²) in [5, 5.41) is 3.00. The minimum absolute atomic E-state index is 0.0121. The normalized spacial score (nSPS) is 12.8. The summed E-state index contributed by atoms with van der Waals surface area (Å²) >= 11 is 0. The number of nitrogens with one attached hydrogen (secondary N) is 1. The van der Waals surface area contributed by atoms with Crippen molar-refractivity contribution in [3.8, 4) is 11.5 Å². The molecule has 1 N–H and O–H groups in total. The number of amides is 2. The Morgan fingerprint density at radius 2 is 1.56 bits per heavy atom. The molecular formula is C29H43N3O6S. The molecule has 0 aromatic heterocycles. The van der Waals surface area contributed by atoms with Gasteiger partial charge in [-0.1, -0.05) is 26.0 Å². The molecule has 0 bridgehead atoms. The van der Waals surface area contributed by atoms with Crippen molar-refractivity contribution in [3.05, 3.63) is 54.1 Å². The molecule has 2 atom stereocenters. The lowest BCUT2D eigenvalue weighted by Gasteiger charge is -2.32. The number of carbonyl (C=O) groups excluding carboxylic acids is 2. The third-order valence-electron chi connectivity index (χ3n) is 6.49. The lowest BCUT2D eigenvalue weighted by atomic mass is 10.1. The summed E-state index contributed by atoms with van der Waals surface area (Å²) in [5.74, 6) is 0.951. The van der Waals surface area contributed by atoms with Gasteiger partial charge in [-0.3, -0.25) is 13.9 Å². The molecular weight excluding hydrogens is 518 g/mol. The van der Waals surface area contributed by atoms with Gasteiger partial charge in [0.2, 0.25) is 21.8 Å². The van der Waals surface area contributed by atoms with Crippen LogP contribution in [0.1, 0.15) is 58.9 Å². The Morgan fingerprint density at radius 3 is 2.08 bits per heavy atom. The van der Waals surface area contributed by atoms with Crippen molar-refractivity contribution in [1.29, 1.82) is 0 Å². The molecule has 0 saturated carbocycles. The van der Waals surface area contributed by atoms with E-state index >= 15 is 0 Å². The van der Waals surface area contributed by atoms with Crippen molar-refractivity contribution in [1.82, 2.24) is 10.2 Å². The maximum absolute atomic E-state index is 13.6. The Labute approximate surface area is 233 Å². The van der Waals surface area contributed by atoms with Crippen LogP contribution in [-0.4, -0.2) is 63.7 Å². The van der Waals surface area contributed by atoms with Crippen molar-refractivity contribution in [2.45, 2.75) is 72.0 Å². The molecule has 2 rings (SSSR count). The second-order valence-corrected chi connectivity index (χ2v) is 11.4. The van der Waals surface area contributed by atoms with Crippen molar-refractivity contribution >= 4 is 27.5 Å². The predicted octanol–water partition coefficient (Wildman–Crippen LogP) is 4.36. The van der Waals surface area contributed by atoms with Crippen LogP contribution in [-0.2, 0) is 26.2 Å². The topological polar surface area (TPSA) is 105 Å². The third kappa shape index (κ3) is 9.76. The number of nitrogens with zero attached hydrogens (tertiary/aromatic N) is 2. The molecule has 39 heavy (non-hydrogen) atoms. The first kappa shape index (κ1) is 31.9. The van der Waals surface area contributed by atoms with Crippen LogP contribution in [0.5, 0.6) is 11.5 Å². The van der Waals surface area contributed by atoms with E-state index in [1.807, 2.05) is 52.0 Å². The van der Waals surface area contributed by atoms with E-state index in [4.69, 9.17) is 9.47 Å². The molecule has 0 aliphatic carbocycles. The average Bonchev–Trinajstić information content (AvgIpc) is 2.91. The fourth-order valence-electron chi connectivity index (χ4n) is 4.17. The molecule has 0 radical (unpaired) electrons. The quantitative estimate of drug-likeness (QED) is 0.327. The van der Waals surface area contributed by atoms with Crippen LogP contribution in [0.2, 0.25) is 0 Å². The van der Waals surface area contributed by atoms with Crippen molar-refractivity contribution in [3.63, 3.8) is 0 Å². The number of ether oxygens (including phenoxy) is 2. The van der Waals surface area contributed by atoms with Crippen LogP contribution < -0.4 is 19.1 Å². The minimum atomic E-state index is -3.58. The molecule has 0 saturated heterocycles. The second-order valence-electron chi connectivity index (χ2n) is 9.48. The SMILES string of the molecule is CCOc1ccc(N(CCCC(=O)N(Cc2ccc(OC)cc2)C(CC)C(=O)NC(C)CC)S(C)(=O)=O)cc1. The van der Waals surface area contributed by atoms with Gasteiger partial charge in [-0.15, -0.1) is 0 Å². The summed E-state index contributed by atoms with van der Waals surface area (Å²) < 4.78 is 37.1. The highest BCUT2D eigenvalue weighted by molar-refractivity contribution is 7.92. The number of rotatable bonds is 16. The number of sulfonamides is 1. The van der Waals surface area contributed by atoms with E-state index in [1.54, 1.807) is 36.3 Å². The number of methoxy groups -OCH3 is 1. The third-order valence-corrected chi connectivity index (χ3v) is 7.68. The second kappa shape index (κ2) is 15.4. The number of carbonyl (C=O) groups is 2. The Balaban J connectivity index is 2.21. The molecule has 0 spiro atoms. The van der Waals surface area contributed by atoms with E-state index in [2.05, 4.69) is 5.32 Å². The first-order valence-electron chi connectivity index (χ1n) is 13.5. The highest BCUT2D eigenvalue weighted by Gasteiger charge is 2.29. The van der Waals surface area contributed by atoms with Crippen molar-refractivity contribution in [2.75, 3.05) is 30.8 Å².